The zero-order chi connectivity index (χ0) is 17.8. The highest BCUT2D eigenvalue weighted by Crippen LogP contribution is 2.28. The topological polar surface area (TPSA) is 70.3 Å². The molecule has 3 aromatic rings. The molecule has 3 rings (SSSR count). The molecule has 0 amide bonds. The number of ether oxygens (including phenoxy) is 2. The van der Waals surface area contributed by atoms with Crippen LogP contribution in [0.4, 0.5) is 14.6 Å². The van der Waals surface area contributed by atoms with Crippen LogP contribution in [0.1, 0.15) is 0 Å². The van der Waals surface area contributed by atoms with Gasteiger partial charge in [-0.2, -0.15) is 0 Å². The van der Waals surface area contributed by atoms with Crippen molar-refractivity contribution in [2.45, 2.75) is 0 Å². The average Bonchev–Trinajstić information content (AvgIpc) is 2.61. The average molecular weight is 343 g/mol. The Bertz CT molecular complexity index is 886. The molecule has 1 heterocycles. The Hall–Kier alpha value is -3.06. The van der Waals surface area contributed by atoms with Gasteiger partial charge in [-0.1, -0.05) is 0 Å². The number of hydrogen-bond donors (Lipinski definition) is 1. The summed E-state index contributed by atoms with van der Waals surface area (Å²) in [6.45, 7) is 0.140. The minimum atomic E-state index is -0.715. The first-order valence-electron chi connectivity index (χ1n) is 7.38. The Labute approximate surface area is 143 Å². The number of methoxy groups -OCH3 is 1. The van der Waals surface area contributed by atoms with E-state index in [1.165, 1.54) is 19.4 Å². The van der Waals surface area contributed by atoms with Crippen molar-refractivity contribution in [1.82, 2.24) is 9.97 Å². The first-order chi connectivity index (χ1) is 12.1. The molecule has 2 N–H and O–H groups in total. The van der Waals surface area contributed by atoms with Gasteiger partial charge in [-0.15, -0.1) is 0 Å². The quantitative estimate of drug-likeness (QED) is 0.716. The SMILES string of the molecule is COCOc1ccc(-c2nc(-c3ccc(F)cc3F)cnc2N)cc1. The van der Waals surface area contributed by atoms with Crippen LogP contribution in [0.15, 0.2) is 48.7 Å². The van der Waals surface area contributed by atoms with E-state index in [0.717, 1.165) is 12.1 Å². The van der Waals surface area contributed by atoms with E-state index in [1.807, 2.05) is 0 Å². The van der Waals surface area contributed by atoms with Gasteiger partial charge in [0.15, 0.2) is 6.79 Å². The van der Waals surface area contributed by atoms with Gasteiger partial charge < -0.3 is 15.2 Å². The Morgan fingerprint density at radius 3 is 2.52 bits per heavy atom. The van der Waals surface area contributed by atoms with Crippen LogP contribution in [-0.4, -0.2) is 23.9 Å². The summed E-state index contributed by atoms with van der Waals surface area (Å²) in [7, 11) is 1.53. The molecule has 0 fully saturated rings. The Balaban J connectivity index is 1.97. The van der Waals surface area contributed by atoms with Crippen LogP contribution in [-0.2, 0) is 4.74 Å². The molecular formula is C18H15F2N3O2. The summed E-state index contributed by atoms with van der Waals surface area (Å²) in [4.78, 5) is 8.45. The second-order valence-electron chi connectivity index (χ2n) is 5.19. The predicted molar refractivity (Wildman–Crippen MR) is 89.7 cm³/mol. The van der Waals surface area contributed by atoms with Crippen LogP contribution in [0.3, 0.4) is 0 Å². The van der Waals surface area contributed by atoms with E-state index < -0.39 is 11.6 Å². The van der Waals surface area contributed by atoms with E-state index in [4.69, 9.17) is 15.2 Å². The van der Waals surface area contributed by atoms with Gasteiger partial charge in [0.05, 0.1) is 11.9 Å². The maximum atomic E-state index is 14.0. The van der Waals surface area contributed by atoms with Crippen molar-refractivity contribution in [3.8, 4) is 28.3 Å². The highest BCUT2D eigenvalue weighted by atomic mass is 19.1. The number of benzene rings is 2. The third-order valence-corrected chi connectivity index (χ3v) is 3.48. The summed E-state index contributed by atoms with van der Waals surface area (Å²) < 4.78 is 37.2. The summed E-state index contributed by atoms with van der Waals surface area (Å²) in [6.07, 6.45) is 1.35. The van der Waals surface area contributed by atoms with Crippen molar-refractivity contribution in [2.24, 2.45) is 0 Å². The van der Waals surface area contributed by atoms with E-state index >= 15 is 0 Å². The lowest BCUT2D eigenvalue weighted by Crippen LogP contribution is -2.01. The molecule has 0 bridgehead atoms. The molecule has 0 spiro atoms. The van der Waals surface area contributed by atoms with E-state index in [2.05, 4.69) is 9.97 Å². The Morgan fingerprint density at radius 2 is 1.84 bits per heavy atom. The van der Waals surface area contributed by atoms with Crippen LogP contribution in [0, 0.1) is 11.6 Å². The number of halogens is 2. The van der Waals surface area contributed by atoms with E-state index in [1.54, 1.807) is 24.3 Å². The van der Waals surface area contributed by atoms with Gasteiger partial charge in [-0.25, -0.2) is 18.7 Å². The summed E-state index contributed by atoms with van der Waals surface area (Å²) in [5.41, 5.74) is 7.41. The largest absolute Gasteiger partial charge is 0.468 e. The van der Waals surface area contributed by atoms with Crippen molar-refractivity contribution >= 4 is 5.82 Å². The van der Waals surface area contributed by atoms with Crippen LogP contribution < -0.4 is 10.5 Å². The van der Waals surface area contributed by atoms with Crippen LogP contribution in [0.5, 0.6) is 5.75 Å². The summed E-state index contributed by atoms with van der Waals surface area (Å²) in [5, 5.41) is 0. The molecule has 2 aromatic carbocycles. The van der Waals surface area contributed by atoms with Crippen molar-refractivity contribution < 1.29 is 18.3 Å². The molecule has 5 nitrogen and oxygen atoms in total. The van der Waals surface area contributed by atoms with Crippen molar-refractivity contribution in [3.63, 3.8) is 0 Å². The number of nitrogens with two attached hydrogens (primary N) is 1. The third kappa shape index (κ3) is 3.72. The van der Waals surface area contributed by atoms with E-state index in [-0.39, 0.29) is 23.9 Å². The molecule has 0 unspecified atom stereocenters. The van der Waals surface area contributed by atoms with Crippen molar-refractivity contribution in [3.05, 3.63) is 60.3 Å². The second kappa shape index (κ2) is 7.23. The molecule has 0 aliphatic heterocycles. The van der Waals surface area contributed by atoms with Gasteiger partial charge in [-0.3, -0.25) is 0 Å². The maximum Gasteiger partial charge on any atom is 0.188 e. The van der Waals surface area contributed by atoms with Crippen molar-refractivity contribution in [1.29, 1.82) is 0 Å². The third-order valence-electron chi connectivity index (χ3n) is 3.48. The first kappa shape index (κ1) is 16.8. The minimum absolute atomic E-state index is 0.140. The Morgan fingerprint density at radius 1 is 1.08 bits per heavy atom. The maximum absolute atomic E-state index is 14.0. The van der Waals surface area contributed by atoms with E-state index in [0.29, 0.717) is 17.0 Å². The van der Waals surface area contributed by atoms with Gasteiger partial charge in [0.2, 0.25) is 0 Å². The Kier molecular flexibility index (Phi) is 4.85. The van der Waals surface area contributed by atoms with Gasteiger partial charge in [0, 0.05) is 24.3 Å². The number of aromatic nitrogens is 2. The summed E-state index contributed by atoms with van der Waals surface area (Å²) >= 11 is 0. The highest BCUT2D eigenvalue weighted by Gasteiger charge is 2.12. The number of nitrogen functional groups attached to an aromatic ring is 1. The van der Waals surface area contributed by atoms with E-state index in [9.17, 15) is 8.78 Å². The lowest BCUT2D eigenvalue weighted by atomic mass is 10.1. The number of rotatable bonds is 5. The summed E-state index contributed by atoms with van der Waals surface area (Å²) in [6, 6.07) is 10.3. The fourth-order valence-corrected chi connectivity index (χ4v) is 2.27. The molecule has 0 aliphatic rings. The first-order valence-corrected chi connectivity index (χ1v) is 7.38. The van der Waals surface area contributed by atoms with Crippen LogP contribution in [0.2, 0.25) is 0 Å². The van der Waals surface area contributed by atoms with Gasteiger partial charge >= 0.3 is 0 Å². The summed E-state index contributed by atoms with van der Waals surface area (Å²) in [5.74, 6) is -0.542. The molecule has 0 aliphatic carbocycles. The predicted octanol–water partition coefficient (Wildman–Crippen LogP) is 3.65. The monoisotopic (exact) mass is 343 g/mol. The highest BCUT2D eigenvalue weighted by molar-refractivity contribution is 5.73. The minimum Gasteiger partial charge on any atom is -0.468 e. The molecule has 1 aromatic heterocycles. The molecule has 0 saturated heterocycles. The van der Waals surface area contributed by atoms with Gasteiger partial charge in [0.25, 0.3) is 0 Å². The molecule has 0 radical (unpaired) electrons. The molecule has 25 heavy (non-hydrogen) atoms. The molecule has 0 saturated carbocycles. The zero-order valence-electron chi connectivity index (χ0n) is 13.4. The fraction of sp³-hybridized carbons (Fsp3) is 0.111. The van der Waals surface area contributed by atoms with Crippen LogP contribution >= 0.6 is 0 Å². The molecular weight excluding hydrogens is 328 g/mol. The second-order valence-corrected chi connectivity index (χ2v) is 5.19. The lowest BCUT2D eigenvalue weighted by Gasteiger charge is -2.09. The number of nitrogens with zero attached hydrogens (tertiary/aromatic N) is 2. The molecule has 128 valence electrons. The smallest absolute Gasteiger partial charge is 0.188 e. The zero-order valence-corrected chi connectivity index (χ0v) is 13.4. The van der Waals surface area contributed by atoms with Gasteiger partial charge in [0.1, 0.15) is 28.9 Å². The van der Waals surface area contributed by atoms with Gasteiger partial charge in [-0.05, 0) is 36.4 Å². The lowest BCUT2D eigenvalue weighted by molar-refractivity contribution is 0.0511. The number of hydrogen-bond acceptors (Lipinski definition) is 5. The number of anilines is 1. The standard InChI is InChI=1S/C18H15F2N3O2/c1-24-10-25-13-5-2-11(3-6-13)17-18(21)22-9-16(23-17)14-7-4-12(19)8-15(14)20/h2-9H,10H2,1H3,(H2,21,22). The van der Waals surface area contributed by atoms with Crippen molar-refractivity contribution in [2.75, 3.05) is 19.6 Å². The van der Waals surface area contributed by atoms with Crippen LogP contribution in [0.25, 0.3) is 22.5 Å². The normalized spacial score (nSPS) is 10.7. The molecule has 0 atom stereocenters. The molecule has 7 heteroatoms. The fourth-order valence-electron chi connectivity index (χ4n) is 2.27.